The van der Waals surface area contributed by atoms with Crippen molar-refractivity contribution in [2.75, 3.05) is 30.1 Å². The standard InChI is InChI=1S/C15H24FN3O4S2.ClH/c1-3-8-24(20,21)18-14-5-4-12(9-13(14)16)25(22,23)19-7-6-15(2,10-17)11-19;/h4-5,9,18H,3,6-8,10-11,17H2,1-2H3;1H. The maximum atomic E-state index is 14.2. The molecule has 0 aliphatic carbocycles. The average Bonchev–Trinajstić information content (AvgIpc) is 2.93. The molecule has 1 aliphatic rings. The lowest BCUT2D eigenvalue weighted by atomic mass is 9.90. The van der Waals surface area contributed by atoms with E-state index >= 15 is 0 Å². The molecule has 7 nitrogen and oxygen atoms in total. The minimum absolute atomic E-state index is 0. The Hall–Kier alpha value is -0.940. The van der Waals surface area contributed by atoms with Crippen molar-refractivity contribution >= 4 is 38.1 Å². The molecule has 0 amide bonds. The number of anilines is 1. The first-order valence-corrected chi connectivity index (χ1v) is 11.1. The summed E-state index contributed by atoms with van der Waals surface area (Å²) in [4.78, 5) is -0.204. The van der Waals surface area contributed by atoms with E-state index < -0.39 is 25.9 Å². The Morgan fingerprint density at radius 3 is 2.46 bits per heavy atom. The van der Waals surface area contributed by atoms with E-state index in [1.165, 1.54) is 10.4 Å². The van der Waals surface area contributed by atoms with E-state index in [2.05, 4.69) is 4.72 Å². The monoisotopic (exact) mass is 429 g/mol. The molecule has 11 heteroatoms. The van der Waals surface area contributed by atoms with Gasteiger partial charge in [0.25, 0.3) is 0 Å². The quantitative estimate of drug-likeness (QED) is 0.686. The number of hydrogen-bond donors (Lipinski definition) is 2. The Bertz CT molecular complexity index is 848. The van der Waals surface area contributed by atoms with E-state index in [9.17, 15) is 21.2 Å². The van der Waals surface area contributed by atoms with Gasteiger partial charge < -0.3 is 5.73 Å². The molecular weight excluding hydrogens is 405 g/mol. The Morgan fingerprint density at radius 1 is 1.31 bits per heavy atom. The summed E-state index contributed by atoms with van der Waals surface area (Å²) in [6, 6.07) is 3.19. The molecule has 1 heterocycles. The van der Waals surface area contributed by atoms with Gasteiger partial charge in [0.05, 0.1) is 16.3 Å². The zero-order chi connectivity index (χ0) is 18.9. The zero-order valence-corrected chi connectivity index (χ0v) is 17.2. The van der Waals surface area contributed by atoms with E-state index in [1.54, 1.807) is 6.92 Å². The van der Waals surface area contributed by atoms with E-state index in [0.29, 0.717) is 25.9 Å². The molecule has 1 saturated heterocycles. The number of benzene rings is 1. The fourth-order valence-electron chi connectivity index (χ4n) is 2.73. The summed E-state index contributed by atoms with van der Waals surface area (Å²) in [5, 5.41) is 0. The minimum atomic E-state index is -3.85. The smallest absolute Gasteiger partial charge is 0.243 e. The van der Waals surface area contributed by atoms with Gasteiger partial charge in [0.15, 0.2) is 0 Å². The van der Waals surface area contributed by atoms with Gasteiger partial charge in [-0.3, -0.25) is 4.72 Å². The fourth-order valence-corrected chi connectivity index (χ4v) is 5.47. The second-order valence-corrected chi connectivity index (χ2v) is 10.4. The van der Waals surface area contributed by atoms with Crippen molar-refractivity contribution in [1.82, 2.24) is 4.31 Å². The van der Waals surface area contributed by atoms with E-state index in [-0.39, 0.29) is 40.7 Å². The van der Waals surface area contributed by atoms with Crippen LogP contribution in [-0.4, -0.2) is 46.5 Å². The summed E-state index contributed by atoms with van der Waals surface area (Å²) in [5.74, 6) is -1.07. The van der Waals surface area contributed by atoms with Gasteiger partial charge in [-0.05, 0) is 43.0 Å². The average molecular weight is 430 g/mol. The van der Waals surface area contributed by atoms with Crippen LogP contribution in [0.1, 0.15) is 26.7 Å². The van der Waals surface area contributed by atoms with Gasteiger partial charge in [0.1, 0.15) is 5.82 Å². The first-order chi connectivity index (χ1) is 11.5. The van der Waals surface area contributed by atoms with Crippen LogP contribution < -0.4 is 10.5 Å². The molecule has 1 aliphatic heterocycles. The van der Waals surface area contributed by atoms with Crippen molar-refractivity contribution in [2.45, 2.75) is 31.6 Å². The van der Waals surface area contributed by atoms with Crippen LogP contribution in [-0.2, 0) is 20.0 Å². The third-order valence-corrected chi connectivity index (χ3v) is 7.65. The number of nitrogens with one attached hydrogen (secondary N) is 1. The molecule has 1 aromatic carbocycles. The van der Waals surface area contributed by atoms with Crippen LogP contribution in [0.2, 0.25) is 0 Å². The number of hydrogen-bond acceptors (Lipinski definition) is 5. The summed E-state index contributed by atoms with van der Waals surface area (Å²) >= 11 is 0. The molecule has 3 N–H and O–H groups in total. The molecule has 0 radical (unpaired) electrons. The predicted octanol–water partition coefficient (Wildman–Crippen LogP) is 1.76. The van der Waals surface area contributed by atoms with Gasteiger partial charge in [-0.2, -0.15) is 4.31 Å². The van der Waals surface area contributed by atoms with Crippen LogP contribution >= 0.6 is 12.4 Å². The van der Waals surface area contributed by atoms with Gasteiger partial charge >= 0.3 is 0 Å². The summed E-state index contributed by atoms with van der Waals surface area (Å²) in [7, 11) is -7.51. The third kappa shape index (κ3) is 5.07. The van der Waals surface area contributed by atoms with Crippen LogP contribution in [0, 0.1) is 11.2 Å². The normalized spacial score (nSPS) is 21.4. The predicted molar refractivity (Wildman–Crippen MR) is 102 cm³/mol. The molecule has 0 aromatic heterocycles. The first-order valence-electron chi connectivity index (χ1n) is 8.03. The highest BCUT2D eigenvalue weighted by atomic mass is 35.5. The highest BCUT2D eigenvalue weighted by molar-refractivity contribution is 7.92. The van der Waals surface area contributed by atoms with Crippen LogP contribution in [0.15, 0.2) is 23.1 Å². The number of rotatable bonds is 7. The lowest BCUT2D eigenvalue weighted by Crippen LogP contribution is -2.34. The van der Waals surface area contributed by atoms with Crippen molar-refractivity contribution < 1.29 is 21.2 Å². The molecule has 0 bridgehead atoms. The van der Waals surface area contributed by atoms with Crippen LogP contribution in [0.25, 0.3) is 0 Å². The van der Waals surface area contributed by atoms with Crippen LogP contribution in [0.5, 0.6) is 0 Å². The highest BCUT2D eigenvalue weighted by Gasteiger charge is 2.39. The summed E-state index contributed by atoms with van der Waals surface area (Å²) in [5.41, 5.74) is 5.14. The number of nitrogens with zero attached hydrogens (tertiary/aromatic N) is 1. The molecular formula is C15H25ClFN3O4S2. The molecule has 1 atom stereocenters. The number of halogens is 2. The molecule has 1 fully saturated rings. The van der Waals surface area contributed by atoms with Gasteiger partial charge in [-0.1, -0.05) is 13.8 Å². The Morgan fingerprint density at radius 2 is 1.96 bits per heavy atom. The maximum absolute atomic E-state index is 14.2. The van der Waals surface area contributed by atoms with Gasteiger partial charge in [0, 0.05) is 13.1 Å². The largest absolute Gasteiger partial charge is 0.330 e. The second kappa shape index (κ2) is 8.39. The Balaban J connectivity index is 0.00000338. The van der Waals surface area contributed by atoms with Crippen LogP contribution in [0.3, 0.4) is 0 Å². The fraction of sp³-hybridized carbons (Fsp3) is 0.600. The first kappa shape index (κ1) is 23.1. The summed E-state index contributed by atoms with van der Waals surface area (Å²) < 4.78 is 66.4. The summed E-state index contributed by atoms with van der Waals surface area (Å²) in [6.45, 7) is 4.57. The molecule has 1 aromatic rings. The molecule has 0 saturated carbocycles. The molecule has 1 unspecified atom stereocenters. The third-order valence-electron chi connectivity index (χ3n) is 4.33. The highest BCUT2D eigenvalue weighted by Crippen LogP contribution is 2.33. The lowest BCUT2D eigenvalue weighted by molar-refractivity contribution is 0.349. The molecule has 2 rings (SSSR count). The molecule has 0 spiro atoms. The zero-order valence-electron chi connectivity index (χ0n) is 14.7. The van der Waals surface area contributed by atoms with Crippen molar-refractivity contribution in [2.24, 2.45) is 11.1 Å². The molecule has 150 valence electrons. The van der Waals surface area contributed by atoms with Gasteiger partial charge in [-0.15, -0.1) is 12.4 Å². The topological polar surface area (TPSA) is 110 Å². The molecule has 26 heavy (non-hydrogen) atoms. The minimum Gasteiger partial charge on any atom is -0.330 e. The van der Waals surface area contributed by atoms with E-state index in [1.807, 2.05) is 6.92 Å². The van der Waals surface area contributed by atoms with E-state index in [0.717, 1.165) is 12.1 Å². The number of nitrogens with two attached hydrogens (primary N) is 1. The second-order valence-electron chi connectivity index (χ2n) is 6.67. The maximum Gasteiger partial charge on any atom is 0.243 e. The SMILES string of the molecule is CCCS(=O)(=O)Nc1ccc(S(=O)(=O)N2CCC(C)(CN)C2)cc1F.Cl. The Labute approximate surface area is 160 Å². The van der Waals surface area contributed by atoms with Gasteiger partial charge in [-0.25, -0.2) is 21.2 Å². The van der Waals surface area contributed by atoms with Crippen LogP contribution in [0.4, 0.5) is 10.1 Å². The van der Waals surface area contributed by atoms with Crippen molar-refractivity contribution in [3.05, 3.63) is 24.0 Å². The number of sulfonamides is 2. The van der Waals surface area contributed by atoms with E-state index in [4.69, 9.17) is 5.73 Å². The summed E-state index contributed by atoms with van der Waals surface area (Å²) in [6.07, 6.45) is 1.03. The van der Waals surface area contributed by atoms with Crippen molar-refractivity contribution in [3.63, 3.8) is 0 Å². The lowest BCUT2D eigenvalue weighted by Gasteiger charge is -2.22. The van der Waals surface area contributed by atoms with Gasteiger partial charge in [0.2, 0.25) is 20.0 Å². The van der Waals surface area contributed by atoms with Crippen molar-refractivity contribution in [3.8, 4) is 0 Å². The van der Waals surface area contributed by atoms with Crippen molar-refractivity contribution in [1.29, 1.82) is 0 Å². The Kier molecular flexibility index (Phi) is 7.45.